The van der Waals surface area contributed by atoms with Crippen LogP contribution in [0.5, 0.6) is 0 Å². The van der Waals surface area contributed by atoms with E-state index in [0.717, 1.165) is 51.4 Å². The van der Waals surface area contributed by atoms with Crippen LogP contribution in [0, 0.1) is 0 Å². The molecule has 0 spiro atoms. The van der Waals surface area contributed by atoms with Crippen molar-refractivity contribution >= 4 is 11.9 Å². The van der Waals surface area contributed by atoms with Crippen LogP contribution in [-0.2, 0) is 14.3 Å². The molecule has 6 nitrogen and oxygen atoms in total. The number of aliphatic hydroxyl groups is 2. The van der Waals surface area contributed by atoms with Crippen LogP contribution in [-0.4, -0.2) is 47.4 Å². The summed E-state index contributed by atoms with van der Waals surface area (Å²) in [6.07, 6.45) is 92.0. The zero-order valence-electron chi connectivity index (χ0n) is 55.5. The maximum absolute atomic E-state index is 12.6. The van der Waals surface area contributed by atoms with Crippen molar-refractivity contribution in [2.24, 2.45) is 0 Å². The van der Waals surface area contributed by atoms with Gasteiger partial charge in [0.2, 0.25) is 5.91 Å². The first-order valence-electron chi connectivity index (χ1n) is 37.2. The Hall–Kier alpha value is -1.92. The Bertz CT molecular complexity index is 1330. The van der Waals surface area contributed by atoms with E-state index in [2.05, 4.69) is 55.6 Å². The molecule has 0 aromatic heterocycles. The summed E-state index contributed by atoms with van der Waals surface area (Å²) in [4.78, 5) is 24.7. The van der Waals surface area contributed by atoms with Crippen molar-refractivity contribution in [1.82, 2.24) is 5.32 Å². The number of rotatable bonds is 70. The van der Waals surface area contributed by atoms with Gasteiger partial charge in [-0.1, -0.05) is 352 Å². The quantitative estimate of drug-likeness (QED) is 0.0320. The molecule has 0 aliphatic heterocycles. The zero-order valence-corrected chi connectivity index (χ0v) is 55.5. The highest BCUT2D eigenvalue weighted by Gasteiger charge is 2.20. The molecule has 0 aromatic rings. The van der Waals surface area contributed by atoms with Gasteiger partial charge in [-0.25, -0.2) is 0 Å². The van der Waals surface area contributed by atoms with Crippen molar-refractivity contribution in [3.8, 4) is 0 Å². The Morgan fingerprint density at radius 2 is 0.610 bits per heavy atom. The number of esters is 1. The van der Waals surface area contributed by atoms with Crippen molar-refractivity contribution < 1.29 is 24.5 Å². The van der Waals surface area contributed by atoms with Crippen LogP contribution in [0.15, 0.2) is 36.5 Å². The van der Waals surface area contributed by atoms with Gasteiger partial charge >= 0.3 is 5.97 Å². The topological polar surface area (TPSA) is 95.9 Å². The molecule has 82 heavy (non-hydrogen) atoms. The smallest absolute Gasteiger partial charge is 0.305 e. The summed E-state index contributed by atoms with van der Waals surface area (Å²) in [6, 6.07) is -0.547. The minimum atomic E-state index is -0.669. The maximum atomic E-state index is 12.6. The normalized spacial score (nSPS) is 12.7. The molecule has 6 heteroatoms. The van der Waals surface area contributed by atoms with Crippen LogP contribution in [0.2, 0.25) is 0 Å². The van der Waals surface area contributed by atoms with Gasteiger partial charge in [-0.2, -0.15) is 0 Å². The lowest BCUT2D eigenvalue weighted by Gasteiger charge is -2.22. The van der Waals surface area contributed by atoms with Crippen LogP contribution in [0.1, 0.15) is 412 Å². The lowest BCUT2D eigenvalue weighted by molar-refractivity contribution is -0.143. The minimum Gasteiger partial charge on any atom is -0.466 e. The van der Waals surface area contributed by atoms with Crippen molar-refractivity contribution in [3.05, 3.63) is 36.5 Å². The first-order valence-corrected chi connectivity index (χ1v) is 37.2. The number of amides is 1. The first-order chi connectivity index (χ1) is 40.5. The van der Waals surface area contributed by atoms with Gasteiger partial charge in [0.05, 0.1) is 25.4 Å². The second-order valence-electron chi connectivity index (χ2n) is 25.6. The summed E-state index contributed by atoms with van der Waals surface area (Å²) >= 11 is 0. The Kier molecular flexibility index (Phi) is 69.9. The number of aliphatic hydroxyl groups excluding tert-OH is 2. The van der Waals surface area contributed by atoms with Crippen molar-refractivity contribution in [2.75, 3.05) is 13.2 Å². The third-order valence-corrected chi connectivity index (χ3v) is 17.4. The molecule has 0 saturated carbocycles. The molecular weight excluding hydrogens is 1010 g/mol. The molecule has 0 aliphatic carbocycles. The number of ether oxygens (including phenoxy) is 1. The average Bonchev–Trinajstić information content (AvgIpc) is 3.48. The van der Waals surface area contributed by atoms with E-state index in [0.29, 0.717) is 25.9 Å². The molecule has 2 unspecified atom stereocenters. The number of unbranched alkanes of at least 4 members (excludes halogenated alkanes) is 53. The van der Waals surface area contributed by atoms with Gasteiger partial charge in [-0.15, -0.1) is 0 Å². The summed E-state index contributed by atoms with van der Waals surface area (Å²) in [6.45, 7) is 4.96. The van der Waals surface area contributed by atoms with E-state index in [1.54, 1.807) is 0 Å². The van der Waals surface area contributed by atoms with Gasteiger partial charge in [0, 0.05) is 12.8 Å². The number of carbonyl (C=O) groups excluding carboxylic acids is 2. The lowest BCUT2D eigenvalue weighted by atomic mass is 10.0. The number of allylic oxidation sites excluding steroid dienone is 6. The third kappa shape index (κ3) is 67.2. The summed E-state index contributed by atoms with van der Waals surface area (Å²) in [5.41, 5.74) is 0. The number of hydrogen-bond acceptors (Lipinski definition) is 5. The van der Waals surface area contributed by atoms with E-state index in [1.807, 2.05) is 0 Å². The fourth-order valence-electron chi connectivity index (χ4n) is 11.7. The fraction of sp³-hybridized carbons (Fsp3) is 0.895. The van der Waals surface area contributed by atoms with Gasteiger partial charge in [-0.3, -0.25) is 9.59 Å². The average molecular weight is 1150 g/mol. The number of nitrogens with one attached hydrogen (secondary N) is 1. The summed E-state index contributed by atoms with van der Waals surface area (Å²) in [5.74, 6) is -0.0294. The number of hydrogen-bond donors (Lipinski definition) is 3. The van der Waals surface area contributed by atoms with Gasteiger partial charge in [-0.05, 0) is 83.5 Å². The summed E-state index contributed by atoms with van der Waals surface area (Å²) in [7, 11) is 0. The minimum absolute atomic E-state index is 0.00559. The SMILES string of the molecule is CCCCC/C=C\C/C=C\CCCCCCCCCC(=O)OCCCCCCCCCCCCCC/C=C\CCCCCCCCCCC(=O)NC(CO)C(O)CCCCCCCCCCCCCCCCCCCCCCCCCC. The molecule has 0 rings (SSSR count). The predicted molar refractivity (Wildman–Crippen MR) is 361 cm³/mol. The van der Waals surface area contributed by atoms with E-state index in [9.17, 15) is 19.8 Å². The Morgan fingerprint density at radius 1 is 0.341 bits per heavy atom. The highest BCUT2D eigenvalue weighted by molar-refractivity contribution is 5.76. The standard InChI is InChI=1S/C76H145NO5/c1-3-5-7-9-11-13-15-17-19-21-22-23-24-27-30-33-37-40-44-48-52-56-60-64-68-74(79)73(72-78)77-75(80)69-65-61-57-53-49-45-41-38-34-31-28-25-26-29-32-35-39-43-47-51-55-59-63-67-71-82-76(81)70-66-62-58-54-50-46-42-36-20-18-16-14-12-10-8-6-4-2/h12,14,18,20,28,31,73-74,78-79H,3-11,13,15-17,19,21-27,29-30,32-72H2,1-2H3,(H,77,80)/b14-12-,20-18-,31-28-. The lowest BCUT2D eigenvalue weighted by Crippen LogP contribution is -2.45. The maximum Gasteiger partial charge on any atom is 0.305 e. The van der Waals surface area contributed by atoms with Crippen LogP contribution in [0.3, 0.4) is 0 Å². The van der Waals surface area contributed by atoms with Gasteiger partial charge in [0.15, 0.2) is 0 Å². The largest absolute Gasteiger partial charge is 0.466 e. The highest BCUT2D eigenvalue weighted by atomic mass is 16.5. The van der Waals surface area contributed by atoms with E-state index >= 15 is 0 Å². The number of carbonyl (C=O) groups is 2. The molecular formula is C76H145NO5. The van der Waals surface area contributed by atoms with Crippen LogP contribution < -0.4 is 5.32 Å². The molecule has 0 aliphatic rings. The third-order valence-electron chi connectivity index (χ3n) is 17.4. The molecule has 2 atom stereocenters. The van der Waals surface area contributed by atoms with Gasteiger partial charge < -0.3 is 20.3 Å². The second kappa shape index (κ2) is 71.6. The first kappa shape index (κ1) is 80.1. The monoisotopic (exact) mass is 1150 g/mol. The molecule has 0 bridgehead atoms. The van der Waals surface area contributed by atoms with Crippen LogP contribution in [0.25, 0.3) is 0 Å². The summed E-state index contributed by atoms with van der Waals surface area (Å²) < 4.78 is 5.50. The van der Waals surface area contributed by atoms with E-state index in [-0.39, 0.29) is 18.5 Å². The Balaban J connectivity index is 3.40. The molecule has 0 saturated heterocycles. The van der Waals surface area contributed by atoms with Crippen molar-refractivity contribution in [2.45, 2.75) is 424 Å². The van der Waals surface area contributed by atoms with Gasteiger partial charge in [0.1, 0.15) is 0 Å². The predicted octanol–water partition coefficient (Wildman–Crippen LogP) is 24.3. The van der Waals surface area contributed by atoms with E-state index in [4.69, 9.17) is 4.74 Å². The molecule has 484 valence electrons. The highest BCUT2D eigenvalue weighted by Crippen LogP contribution is 2.19. The molecule has 0 heterocycles. The van der Waals surface area contributed by atoms with Crippen LogP contribution >= 0.6 is 0 Å². The molecule has 0 radical (unpaired) electrons. The van der Waals surface area contributed by atoms with Crippen LogP contribution in [0.4, 0.5) is 0 Å². The second-order valence-corrected chi connectivity index (χ2v) is 25.6. The Labute approximate surface area is 513 Å². The Morgan fingerprint density at radius 3 is 0.963 bits per heavy atom. The van der Waals surface area contributed by atoms with Crippen molar-refractivity contribution in [1.29, 1.82) is 0 Å². The molecule has 0 aromatic carbocycles. The fourth-order valence-corrected chi connectivity index (χ4v) is 11.7. The van der Waals surface area contributed by atoms with E-state index in [1.165, 1.54) is 327 Å². The molecule has 0 fully saturated rings. The molecule has 1 amide bonds. The molecule has 3 N–H and O–H groups in total. The zero-order chi connectivity index (χ0) is 59.2. The van der Waals surface area contributed by atoms with E-state index < -0.39 is 12.1 Å². The van der Waals surface area contributed by atoms with Gasteiger partial charge in [0.25, 0.3) is 0 Å². The van der Waals surface area contributed by atoms with Crippen molar-refractivity contribution in [3.63, 3.8) is 0 Å². The summed E-state index contributed by atoms with van der Waals surface area (Å²) in [5, 5.41) is 23.5.